The minimum absolute atomic E-state index is 0.117. The van der Waals surface area contributed by atoms with Crippen LogP contribution in [-0.2, 0) is 0 Å². The normalized spacial score (nSPS) is 12.2. The van der Waals surface area contributed by atoms with Crippen LogP contribution in [0, 0.1) is 5.82 Å². The van der Waals surface area contributed by atoms with Gasteiger partial charge in [0.25, 0.3) is 0 Å². The fourth-order valence-corrected chi connectivity index (χ4v) is 2.43. The molecule has 1 heterocycles. The second kappa shape index (κ2) is 6.29. The lowest BCUT2D eigenvalue weighted by Gasteiger charge is -2.18. The third-order valence-corrected chi connectivity index (χ3v) is 3.56. The summed E-state index contributed by atoms with van der Waals surface area (Å²) in [6.45, 7) is 7.22. The zero-order chi connectivity index (χ0) is 14.6. The fourth-order valence-electron chi connectivity index (χ4n) is 1.63. The van der Waals surface area contributed by atoms with Gasteiger partial charge in [0.2, 0.25) is 0 Å². The predicted octanol–water partition coefficient (Wildman–Crippen LogP) is 4.35. The van der Waals surface area contributed by atoms with E-state index in [-0.39, 0.29) is 11.4 Å². The van der Waals surface area contributed by atoms with Gasteiger partial charge in [-0.2, -0.15) is 0 Å². The van der Waals surface area contributed by atoms with E-state index >= 15 is 0 Å². The van der Waals surface area contributed by atoms with E-state index in [0.29, 0.717) is 0 Å². The Bertz CT molecular complexity index is 579. The van der Waals surface area contributed by atoms with Gasteiger partial charge in [0.05, 0.1) is 5.69 Å². The summed E-state index contributed by atoms with van der Waals surface area (Å²) < 4.78 is 12.9. The van der Waals surface area contributed by atoms with E-state index in [1.54, 1.807) is 23.5 Å². The van der Waals surface area contributed by atoms with E-state index < -0.39 is 0 Å². The molecule has 0 saturated carbocycles. The van der Waals surface area contributed by atoms with Crippen molar-refractivity contribution < 1.29 is 4.39 Å². The van der Waals surface area contributed by atoms with Gasteiger partial charge in [-0.1, -0.05) is 6.08 Å². The van der Waals surface area contributed by atoms with Crippen molar-refractivity contribution in [1.82, 2.24) is 10.3 Å². The second-order valence-corrected chi connectivity index (χ2v) is 6.48. The van der Waals surface area contributed by atoms with Crippen molar-refractivity contribution in [2.24, 2.45) is 0 Å². The third-order valence-electron chi connectivity index (χ3n) is 2.65. The molecule has 0 bridgehead atoms. The molecule has 0 aliphatic rings. The van der Waals surface area contributed by atoms with Gasteiger partial charge in [-0.15, -0.1) is 11.3 Å². The number of nitrogens with zero attached hydrogens (tertiary/aromatic N) is 1. The first-order valence-electron chi connectivity index (χ1n) is 6.57. The van der Waals surface area contributed by atoms with Gasteiger partial charge in [0.15, 0.2) is 0 Å². The number of halogens is 1. The molecule has 0 aliphatic carbocycles. The molecular weight excluding hydrogens is 271 g/mol. The number of thiazole rings is 1. The van der Waals surface area contributed by atoms with Crippen molar-refractivity contribution in [3.8, 4) is 10.6 Å². The number of rotatable bonds is 4. The first-order chi connectivity index (χ1) is 9.44. The van der Waals surface area contributed by atoms with Crippen LogP contribution in [0.2, 0.25) is 0 Å². The Morgan fingerprint density at radius 3 is 2.60 bits per heavy atom. The fraction of sp³-hybridized carbons (Fsp3) is 0.312. The van der Waals surface area contributed by atoms with Crippen LogP contribution in [0.1, 0.15) is 26.5 Å². The van der Waals surface area contributed by atoms with Gasteiger partial charge in [-0.3, -0.25) is 0 Å². The van der Waals surface area contributed by atoms with E-state index in [2.05, 4.69) is 37.1 Å². The summed E-state index contributed by atoms with van der Waals surface area (Å²) in [5.74, 6) is -0.223. The summed E-state index contributed by atoms with van der Waals surface area (Å²) in [6, 6.07) is 6.42. The summed E-state index contributed by atoms with van der Waals surface area (Å²) in [7, 11) is 0. The molecule has 0 amide bonds. The minimum atomic E-state index is -0.223. The molecule has 4 heteroatoms. The number of hydrogen-bond donors (Lipinski definition) is 1. The molecule has 0 saturated heterocycles. The van der Waals surface area contributed by atoms with Gasteiger partial charge in [0, 0.05) is 23.0 Å². The lowest BCUT2D eigenvalue weighted by Crippen LogP contribution is -2.35. The van der Waals surface area contributed by atoms with E-state index in [4.69, 9.17) is 0 Å². The first-order valence-corrected chi connectivity index (χ1v) is 7.45. The Morgan fingerprint density at radius 2 is 1.95 bits per heavy atom. The molecule has 2 aromatic rings. The van der Waals surface area contributed by atoms with Crippen molar-refractivity contribution in [3.63, 3.8) is 0 Å². The molecule has 2 rings (SSSR count). The number of hydrogen-bond acceptors (Lipinski definition) is 3. The molecule has 0 unspecified atom stereocenters. The standard InChI is InChI=1S/C16H19FN2S/c1-16(2,3)18-10-4-5-14-11-20-15(19-14)12-6-8-13(17)9-7-12/h4-9,11,18H,10H2,1-3H3. The smallest absolute Gasteiger partial charge is 0.124 e. The van der Waals surface area contributed by atoms with Gasteiger partial charge in [0.1, 0.15) is 10.8 Å². The second-order valence-electron chi connectivity index (χ2n) is 5.62. The Morgan fingerprint density at radius 1 is 1.25 bits per heavy atom. The average Bonchev–Trinajstić information content (AvgIpc) is 2.83. The molecule has 106 valence electrons. The zero-order valence-corrected chi connectivity index (χ0v) is 12.8. The summed E-state index contributed by atoms with van der Waals surface area (Å²) >= 11 is 1.57. The van der Waals surface area contributed by atoms with Gasteiger partial charge >= 0.3 is 0 Å². The highest BCUT2D eigenvalue weighted by Crippen LogP contribution is 2.24. The van der Waals surface area contributed by atoms with Crippen LogP contribution in [0.5, 0.6) is 0 Å². The maximum atomic E-state index is 12.9. The molecule has 0 spiro atoms. The number of benzene rings is 1. The van der Waals surface area contributed by atoms with Crippen LogP contribution in [0.3, 0.4) is 0 Å². The maximum absolute atomic E-state index is 12.9. The summed E-state index contributed by atoms with van der Waals surface area (Å²) in [5.41, 5.74) is 2.00. The largest absolute Gasteiger partial charge is 0.309 e. The highest BCUT2D eigenvalue weighted by molar-refractivity contribution is 7.13. The lowest BCUT2D eigenvalue weighted by molar-refractivity contribution is 0.450. The molecule has 0 atom stereocenters. The van der Waals surface area contributed by atoms with Crippen molar-refractivity contribution in [1.29, 1.82) is 0 Å². The van der Waals surface area contributed by atoms with E-state index in [9.17, 15) is 4.39 Å². The van der Waals surface area contributed by atoms with Gasteiger partial charge < -0.3 is 5.32 Å². The van der Waals surface area contributed by atoms with Crippen LogP contribution in [0.15, 0.2) is 35.7 Å². The Hall–Kier alpha value is -1.52. The SMILES string of the molecule is CC(C)(C)NCC=Cc1csc(-c2ccc(F)cc2)n1. The molecule has 1 aromatic carbocycles. The van der Waals surface area contributed by atoms with E-state index in [0.717, 1.165) is 22.8 Å². The summed E-state index contributed by atoms with van der Waals surface area (Å²) in [4.78, 5) is 4.53. The molecule has 1 aromatic heterocycles. The zero-order valence-electron chi connectivity index (χ0n) is 12.0. The van der Waals surface area contributed by atoms with Crippen molar-refractivity contribution in [3.05, 3.63) is 47.2 Å². The van der Waals surface area contributed by atoms with Gasteiger partial charge in [-0.05, 0) is 51.1 Å². The predicted molar refractivity (Wildman–Crippen MR) is 84.3 cm³/mol. The first kappa shape index (κ1) is 14.9. The van der Waals surface area contributed by atoms with Crippen molar-refractivity contribution in [2.45, 2.75) is 26.3 Å². The Balaban J connectivity index is 1.99. The van der Waals surface area contributed by atoms with E-state index in [1.807, 2.05) is 11.5 Å². The molecule has 2 nitrogen and oxygen atoms in total. The van der Waals surface area contributed by atoms with Crippen LogP contribution < -0.4 is 5.32 Å². The summed E-state index contributed by atoms with van der Waals surface area (Å²) in [5, 5.41) is 6.30. The monoisotopic (exact) mass is 290 g/mol. The molecule has 0 aliphatic heterocycles. The van der Waals surface area contributed by atoms with Crippen LogP contribution in [-0.4, -0.2) is 17.1 Å². The maximum Gasteiger partial charge on any atom is 0.124 e. The molecule has 20 heavy (non-hydrogen) atoms. The minimum Gasteiger partial charge on any atom is -0.309 e. The third kappa shape index (κ3) is 4.54. The number of nitrogens with one attached hydrogen (secondary N) is 1. The quantitative estimate of drug-likeness (QED) is 0.905. The van der Waals surface area contributed by atoms with Gasteiger partial charge in [-0.25, -0.2) is 9.37 Å². The topological polar surface area (TPSA) is 24.9 Å². The summed E-state index contributed by atoms with van der Waals surface area (Å²) in [6.07, 6.45) is 4.07. The van der Waals surface area contributed by atoms with Crippen LogP contribution >= 0.6 is 11.3 Å². The van der Waals surface area contributed by atoms with Crippen molar-refractivity contribution in [2.75, 3.05) is 6.54 Å². The average molecular weight is 290 g/mol. The molecular formula is C16H19FN2S. The van der Waals surface area contributed by atoms with Crippen LogP contribution in [0.4, 0.5) is 4.39 Å². The molecule has 0 fully saturated rings. The Labute approximate surface area is 123 Å². The van der Waals surface area contributed by atoms with E-state index in [1.165, 1.54) is 12.1 Å². The van der Waals surface area contributed by atoms with Crippen LogP contribution in [0.25, 0.3) is 16.6 Å². The molecule has 1 N–H and O–H groups in total. The number of aromatic nitrogens is 1. The van der Waals surface area contributed by atoms with Crippen molar-refractivity contribution >= 4 is 17.4 Å². The molecule has 0 radical (unpaired) electrons. The Kier molecular flexibility index (Phi) is 4.68. The lowest BCUT2D eigenvalue weighted by atomic mass is 10.1. The highest BCUT2D eigenvalue weighted by atomic mass is 32.1. The highest BCUT2D eigenvalue weighted by Gasteiger charge is 2.06.